The third-order valence-corrected chi connectivity index (χ3v) is 2.93. The summed E-state index contributed by atoms with van der Waals surface area (Å²) < 4.78 is 6.45. The molecule has 0 aliphatic carbocycles. The maximum Gasteiger partial charge on any atom is 0.330 e. The quantitative estimate of drug-likeness (QED) is 0.576. The molecule has 1 saturated heterocycles. The number of nitrogens with zero attached hydrogens (tertiary/aromatic N) is 1. The second-order valence-electron chi connectivity index (χ2n) is 4.12. The molecule has 0 spiro atoms. The van der Waals surface area contributed by atoms with Crippen LogP contribution in [0.5, 0.6) is 0 Å². The Morgan fingerprint density at radius 2 is 2.29 bits per heavy atom. The summed E-state index contributed by atoms with van der Waals surface area (Å²) in [6.45, 7) is 1.32. The summed E-state index contributed by atoms with van der Waals surface area (Å²) >= 11 is 0. The lowest BCUT2D eigenvalue weighted by Crippen LogP contribution is -2.37. The zero-order chi connectivity index (χ0) is 12.6. The monoisotopic (exact) mass is 242 g/mol. The van der Waals surface area contributed by atoms with Crippen LogP contribution in [0.2, 0.25) is 0 Å². The number of aliphatic hydroxyl groups is 2. The zero-order valence-corrected chi connectivity index (χ0v) is 9.29. The number of hydrogen-bond donors (Lipinski definition) is 3. The van der Waals surface area contributed by atoms with E-state index in [1.165, 1.54) is 10.8 Å². The predicted octanol–water partition coefficient (Wildman–Crippen LogP) is -1.66. The van der Waals surface area contributed by atoms with E-state index in [0.717, 1.165) is 0 Å². The van der Waals surface area contributed by atoms with Gasteiger partial charge >= 0.3 is 5.69 Å². The molecular weight excluding hydrogens is 228 g/mol. The van der Waals surface area contributed by atoms with Gasteiger partial charge in [-0.25, -0.2) is 4.79 Å². The fourth-order valence-corrected chi connectivity index (χ4v) is 1.91. The number of aryl methyl sites for hydroxylation is 1. The summed E-state index contributed by atoms with van der Waals surface area (Å²) in [5.41, 5.74) is -0.699. The molecule has 1 aromatic rings. The van der Waals surface area contributed by atoms with Crippen molar-refractivity contribution in [2.45, 2.75) is 19.3 Å². The lowest BCUT2D eigenvalue weighted by molar-refractivity contribution is 0.0128. The molecule has 0 radical (unpaired) electrons. The molecule has 0 unspecified atom stereocenters. The lowest BCUT2D eigenvalue weighted by atomic mass is 10.1. The van der Waals surface area contributed by atoms with E-state index in [1.54, 1.807) is 6.92 Å². The van der Waals surface area contributed by atoms with Crippen molar-refractivity contribution in [3.8, 4) is 0 Å². The maximum absolute atomic E-state index is 11.6. The van der Waals surface area contributed by atoms with Gasteiger partial charge in [-0.1, -0.05) is 0 Å². The molecule has 3 atom stereocenters. The van der Waals surface area contributed by atoms with Crippen molar-refractivity contribution in [2.75, 3.05) is 13.2 Å². The van der Waals surface area contributed by atoms with Gasteiger partial charge in [-0.3, -0.25) is 14.3 Å². The first-order valence-corrected chi connectivity index (χ1v) is 5.27. The molecule has 7 heteroatoms. The Morgan fingerprint density at radius 1 is 1.59 bits per heavy atom. The van der Waals surface area contributed by atoms with Crippen LogP contribution in [0, 0.1) is 12.8 Å². The van der Waals surface area contributed by atoms with Crippen molar-refractivity contribution in [3.05, 3.63) is 32.6 Å². The van der Waals surface area contributed by atoms with Crippen molar-refractivity contribution in [3.63, 3.8) is 0 Å². The first-order chi connectivity index (χ1) is 8.04. The Bertz CT molecular complexity index is 520. The fourth-order valence-electron chi connectivity index (χ4n) is 1.91. The number of aromatic nitrogens is 2. The van der Waals surface area contributed by atoms with E-state index < -0.39 is 29.5 Å². The molecule has 0 amide bonds. The van der Waals surface area contributed by atoms with Crippen LogP contribution in [0.25, 0.3) is 0 Å². The first-order valence-electron chi connectivity index (χ1n) is 5.27. The molecule has 0 saturated carbocycles. The van der Waals surface area contributed by atoms with Gasteiger partial charge in [0.1, 0.15) is 6.23 Å². The zero-order valence-electron chi connectivity index (χ0n) is 9.29. The Kier molecular flexibility index (Phi) is 3.14. The van der Waals surface area contributed by atoms with Gasteiger partial charge in [0.15, 0.2) is 0 Å². The number of hydrogen-bond acceptors (Lipinski definition) is 5. The van der Waals surface area contributed by atoms with Gasteiger partial charge < -0.3 is 14.9 Å². The topological polar surface area (TPSA) is 105 Å². The summed E-state index contributed by atoms with van der Waals surface area (Å²) in [5.74, 6) is -0.571. The molecule has 7 nitrogen and oxygen atoms in total. The highest BCUT2D eigenvalue weighted by Gasteiger charge is 2.37. The van der Waals surface area contributed by atoms with Gasteiger partial charge in [0, 0.05) is 11.8 Å². The second-order valence-corrected chi connectivity index (χ2v) is 4.12. The van der Waals surface area contributed by atoms with Gasteiger partial charge in [0.25, 0.3) is 5.56 Å². The van der Waals surface area contributed by atoms with Crippen molar-refractivity contribution in [1.82, 2.24) is 9.55 Å². The highest BCUT2D eigenvalue weighted by molar-refractivity contribution is 5.02. The van der Waals surface area contributed by atoms with E-state index >= 15 is 0 Å². The molecule has 1 fully saturated rings. The number of aliphatic hydroxyl groups excluding tert-OH is 2. The van der Waals surface area contributed by atoms with Crippen LogP contribution in [-0.2, 0) is 4.74 Å². The average molecular weight is 242 g/mol. The molecule has 0 aromatic carbocycles. The molecular formula is C10H14N2O5. The number of rotatable bonds is 2. The molecule has 1 aliphatic rings. The largest absolute Gasteiger partial charge is 0.396 e. The smallest absolute Gasteiger partial charge is 0.330 e. The van der Waals surface area contributed by atoms with Crippen LogP contribution in [0.3, 0.4) is 0 Å². The fraction of sp³-hybridized carbons (Fsp3) is 0.600. The van der Waals surface area contributed by atoms with Crippen molar-refractivity contribution in [1.29, 1.82) is 0 Å². The Hall–Kier alpha value is -1.44. The molecule has 1 aromatic heterocycles. The minimum atomic E-state index is -0.816. The molecule has 0 bridgehead atoms. The van der Waals surface area contributed by atoms with Crippen molar-refractivity contribution < 1.29 is 14.9 Å². The Morgan fingerprint density at radius 3 is 2.94 bits per heavy atom. The first kappa shape index (κ1) is 12.0. The van der Waals surface area contributed by atoms with Crippen LogP contribution in [0.4, 0.5) is 0 Å². The minimum Gasteiger partial charge on any atom is -0.396 e. The van der Waals surface area contributed by atoms with E-state index in [4.69, 9.17) is 9.84 Å². The summed E-state index contributed by atoms with van der Waals surface area (Å²) in [7, 11) is 0. The van der Waals surface area contributed by atoms with Crippen LogP contribution in [-0.4, -0.2) is 39.1 Å². The molecule has 1 aliphatic heterocycles. The summed E-state index contributed by atoms with van der Waals surface area (Å²) in [6.07, 6.45) is -0.200. The van der Waals surface area contributed by atoms with Crippen LogP contribution in [0.15, 0.2) is 15.8 Å². The third kappa shape index (κ3) is 2.04. The summed E-state index contributed by atoms with van der Waals surface area (Å²) in [4.78, 5) is 25.0. The molecule has 2 heterocycles. The van der Waals surface area contributed by atoms with E-state index in [1.807, 2.05) is 0 Å². The Balaban J connectivity index is 2.44. The molecule has 17 heavy (non-hydrogen) atoms. The van der Waals surface area contributed by atoms with Crippen LogP contribution < -0.4 is 11.2 Å². The molecule has 2 rings (SSSR count). The number of aromatic amines is 1. The number of nitrogens with one attached hydrogen (secondary N) is 1. The minimum absolute atomic E-state index is 0.0561. The number of H-pyrrole nitrogens is 1. The Labute approximate surface area is 96.3 Å². The van der Waals surface area contributed by atoms with Crippen molar-refractivity contribution >= 4 is 0 Å². The summed E-state index contributed by atoms with van der Waals surface area (Å²) in [6, 6.07) is 0. The second kappa shape index (κ2) is 4.44. The maximum atomic E-state index is 11.6. The van der Waals surface area contributed by atoms with Gasteiger partial charge in [-0.2, -0.15) is 0 Å². The third-order valence-electron chi connectivity index (χ3n) is 2.93. The van der Waals surface area contributed by atoms with Gasteiger partial charge in [-0.05, 0) is 6.92 Å². The summed E-state index contributed by atoms with van der Waals surface area (Å²) in [5, 5.41) is 18.7. The van der Waals surface area contributed by atoms with Gasteiger partial charge in [0.2, 0.25) is 0 Å². The molecule has 94 valence electrons. The highest BCUT2D eigenvalue weighted by atomic mass is 16.5. The standard InChI is InChI=1S/C10H14N2O5/c1-5-2-12(10(16)11-8(5)15)9-6(3-13)7(14)4-17-9/h2,6-7,9,13-14H,3-4H2,1H3,(H,11,15,16)/t6-,7-,9+/m0/s1. The van der Waals surface area contributed by atoms with E-state index in [0.29, 0.717) is 5.56 Å². The normalized spacial score (nSPS) is 28.5. The van der Waals surface area contributed by atoms with E-state index in [-0.39, 0.29) is 13.2 Å². The SMILES string of the molecule is Cc1cn([C@@H]2OC[C@H](O)[C@@H]2CO)c(=O)[nH]c1=O. The van der Waals surface area contributed by atoms with Crippen LogP contribution >= 0.6 is 0 Å². The van der Waals surface area contributed by atoms with E-state index in [9.17, 15) is 14.7 Å². The highest BCUT2D eigenvalue weighted by Crippen LogP contribution is 2.28. The molecule has 3 N–H and O–H groups in total. The van der Waals surface area contributed by atoms with E-state index in [2.05, 4.69) is 4.98 Å². The average Bonchev–Trinajstić information content (AvgIpc) is 2.64. The van der Waals surface area contributed by atoms with Gasteiger partial charge in [0.05, 0.1) is 25.2 Å². The lowest BCUT2D eigenvalue weighted by Gasteiger charge is -2.20. The number of ether oxygens (including phenoxy) is 1. The van der Waals surface area contributed by atoms with Gasteiger partial charge in [-0.15, -0.1) is 0 Å². The van der Waals surface area contributed by atoms with Crippen molar-refractivity contribution in [2.24, 2.45) is 5.92 Å². The van der Waals surface area contributed by atoms with Crippen LogP contribution in [0.1, 0.15) is 11.8 Å². The predicted molar refractivity (Wildman–Crippen MR) is 57.6 cm³/mol.